The molecule has 0 saturated heterocycles. The largest absolute Gasteiger partial charge is 0.497 e. The number of hydrogen-bond donors (Lipinski definition) is 2. The van der Waals surface area contributed by atoms with Crippen LogP contribution < -0.4 is 19.5 Å². The third-order valence-corrected chi connectivity index (χ3v) is 5.31. The molecule has 1 heterocycles. The molecule has 0 radical (unpaired) electrons. The van der Waals surface area contributed by atoms with Crippen molar-refractivity contribution in [3.05, 3.63) is 42.0 Å². The first-order valence-corrected chi connectivity index (χ1v) is 9.94. The molecular formula is C23H27NO4. The van der Waals surface area contributed by atoms with E-state index in [4.69, 9.17) is 19.3 Å². The lowest BCUT2D eigenvalue weighted by atomic mass is 9.96. The van der Waals surface area contributed by atoms with Gasteiger partial charge in [0.2, 0.25) is 6.79 Å². The van der Waals surface area contributed by atoms with Gasteiger partial charge in [0.15, 0.2) is 11.5 Å². The van der Waals surface area contributed by atoms with Gasteiger partial charge in [-0.3, -0.25) is 0 Å². The Hall–Kier alpha value is -2.50. The number of hydrogen-bond acceptors (Lipinski definition) is 5. The number of nitrogens with one attached hydrogen (secondary N) is 1. The summed E-state index contributed by atoms with van der Waals surface area (Å²) >= 11 is 0. The second-order valence-electron chi connectivity index (χ2n) is 7.19. The lowest BCUT2D eigenvalue weighted by Crippen LogP contribution is -2.15. The molecule has 0 atom stereocenters. The first-order valence-electron chi connectivity index (χ1n) is 9.94. The van der Waals surface area contributed by atoms with Gasteiger partial charge in [0, 0.05) is 13.2 Å². The topological polar surface area (TPSA) is 60.0 Å². The molecule has 1 aliphatic heterocycles. The van der Waals surface area contributed by atoms with Gasteiger partial charge in [-0.2, -0.15) is 0 Å². The molecule has 0 aliphatic carbocycles. The van der Waals surface area contributed by atoms with Crippen LogP contribution in [0.25, 0.3) is 21.5 Å². The summed E-state index contributed by atoms with van der Waals surface area (Å²) in [4.78, 5) is 0. The fraction of sp³-hybridized carbons (Fsp3) is 0.391. The van der Waals surface area contributed by atoms with Crippen LogP contribution in [0.4, 0.5) is 0 Å². The highest BCUT2D eigenvalue weighted by atomic mass is 16.7. The van der Waals surface area contributed by atoms with Gasteiger partial charge >= 0.3 is 0 Å². The molecule has 0 fully saturated rings. The Morgan fingerprint density at radius 2 is 1.75 bits per heavy atom. The van der Waals surface area contributed by atoms with E-state index in [0.717, 1.165) is 72.2 Å². The Morgan fingerprint density at radius 3 is 2.57 bits per heavy atom. The van der Waals surface area contributed by atoms with Crippen LogP contribution >= 0.6 is 0 Å². The molecule has 148 valence electrons. The van der Waals surface area contributed by atoms with E-state index >= 15 is 0 Å². The lowest BCUT2D eigenvalue weighted by Gasteiger charge is -2.13. The van der Waals surface area contributed by atoms with E-state index in [1.165, 1.54) is 10.9 Å². The van der Waals surface area contributed by atoms with Crippen molar-refractivity contribution >= 4 is 21.5 Å². The van der Waals surface area contributed by atoms with Crippen LogP contribution in [0.5, 0.6) is 17.2 Å². The van der Waals surface area contributed by atoms with Crippen molar-refractivity contribution in [1.29, 1.82) is 0 Å². The molecule has 0 spiro atoms. The maximum atomic E-state index is 8.86. The smallest absolute Gasteiger partial charge is 0.231 e. The van der Waals surface area contributed by atoms with Crippen LogP contribution in [0.2, 0.25) is 0 Å². The molecule has 28 heavy (non-hydrogen) atoms. The third-order valence-electron chi connectivity index (χ3n) is 5.31. The van der Waals surface area contributed by atoms with Gasteiger partial charge in [-0.25, -0.2) is 0 Å². The van der Waals surface area contributed by atoms with Crippen LogP contribution in [0.1, 0.15) is 31.2 Å². The average molecular weight is 381 g/mol. The van der Waals surface area contributed by atoms with Crippen LogP contribution in [0.3, 0.4) is 0 Å². The minimum Gasteiger partial charge on any atom is -0.497 e. The van der Waals surface area contributed by atoms with Crippen molar-refractivity contribution < 1.29 is 19.3 Å². The highest BCUT2D eigenvalue weighted by molar-refractivity contribution is 6.10. The Labute approximate surface area is 165 Å². The van der Waals surface area contributed by atoms with E-state index in [-0.39, 0.29) is 6.79 Å². The number of ether oxygens (including phenoxy) is 3. The van der Waals surface area contributed by atoms with E-state index in [1.807, 2.05) is 6.07 Å². The average Bonchev–Trinajstić information content (AvgIpc) is 3.18. The molecule has 0 amide bonds. The van der Waals surface area contributed by atoms with Gasteiger partial charge in [0.05, 0.1) is 7.11 Å². The predicted octanol–water partition coefficient (Wildman–Crippen LogP) is 4.37. The number of methoxy groups -OCH3 is 1. The zero-order chi connectivity index (χ0) is 19.3. The number of aliphatic hydroxyl groups is 1. The second kappa shape index (κ2) is 8.67. The number of benzene rings is 3. The van der Waals surface area contributed by atoms with E-state index in [1.54, 1.807) is 7.11 Å². The van der Waals surface area contributed by atoms with Gasteiger partial charge in [0.1, 0.15) is 5.75 Å². The Bertz CT molecular complexity index is 970. The van der Waals surface area contributed by atoms with Crippen LogP contribution in [0.15, 0.2) is 36.4 Å². The van der Waals surface area contributed by atoms with Crippen molar-refractivity contribution in [3.63, 3.8) is 0 Å². The monoisotopic (exact) mass is 381 g/mol. The number of unbranched alkanes of at least 4 members (excludes halogenated alkanes) is 3. The molecule has 4 rings (SSSR count). The number of rotatable bonds is 9. The predicted molar refractivity (Wildman–Crippen MR) is 111 cm³/mol. The summed E-state index contributed by atoms with van der Waals surface area (Å²) in [6.45, 7) is 2.35. The standard InChI is InChI=1S/C23H27NO4/c1-26-18-6-7-19-17(14-24-8-4-2-3-5-9-25)10-16-11-22-23(28-15-27-22)13-20(16)21(19)12-18/h6-7,10-13,24-25H,2-5,8-9,14-15H2,1H3. The molecule has 3 aromatic rings. The van der Waals surface area contributed by atoms with Gasteiger partial charge in [-0.15, -0.1) is 0 Å². The van der Waals surface area contributed by atoms with Crippen LogP contribution in [0, 0.1) is 0 Å². The molecule has 5 nitrogen and oxygen atoms in total. The summed E-state index contributed by atoms with van der Waals surface area (Å²) in [7, 11) is 1.69. The first kappa shape index (κ1) is 18.8. The second-order valence-corrected chi connectivity index (χ2v) is 7.19. The quantitative estimate of drug-likeness (QED) is 0.426. The van der Waals surface area contributed by atoms with Crippen molar-refractivity contribution in [2.24, 2.45) is 0 Å². The molecule has 0 bridgehead atoms. The number of aliphatic hydroxyl groups excluding tert-OH is 1. The summed E-state index contributed by atoms with van der Waals surface area (Å²) < 4.78 is 16.6. The van der Waals surface area contributed by atoms with Crippen molar-refractivity contribution in [2.75, 3.05) is 27.1 Å². The highest BCUT2D eigenvalue weighted by Crippen LogP contribution is 2.40. The normalized spacial score (nSPS) is 12.8. The molecular weight excluding hydrogens is 354 g/mol. The SMILES string of the molecule is COc1ccc2c(CNCCCCCCO)cc3cc4c(cc3c2c1)OCO4. The molecule has 0 aromatic heterocycles. The van der Waals surface area contributed by atoms with Gasteiger partial charge < -0.3 is 24.6 Å². The van der Waals surface area contributed by atoms with Gasteiger partial charge in [0.25, 0.3) is 0 Å². The van der Waals surface area contributed by atoms with Gasteiger partial charge in [-0.05, 0) is 76.8 Å². The first-order chi connectivity index (χ1) is 13.8. The molecule has 3 aromatic carbocycles. The molecule has 0 saturated carbocycles. The third kappa shape index (κ3) is 3.86. The van der Waals surface area contributed by atoms with Crippen molar-refractivity contribution in [1.82, 2.24) is 5.32 Å². The zero-order valence-corrected chi connectivity index (χ0v) is 16.3. The fourth-order valence-electron chi connectivity index (χ4n) is 3.81. The minimum absolute atomic E-state index is 0.275. The molecule has 1 aliphatic rings. The maximum Gasteiger partial charge on any atom is 0.231 e. The molecule has 0 unspecified atom stereocenters. The van der Waals surface area contributed by atoms with Crippen molar-refractivity contribution in [3.8, 4) is 17.2 Å². The molecule has 2 N–H and O–H groups in total. The summed E-state index contributed by atoms with van der Waals surface area (Å²) in [5, 5.41) is 17.1. The van der Waals surface area contributed by atoms with E-state index in [0.29, 0.717) is 6.61 Å². The highest BCUT2D eigenvalue weighted by Gasteiger charge is 2.17. The summed E-state index contributed by atoms with van der Waals surface area (Å²) in [6, 6.07) is 12.6. The molecule has 5 heteroatoms. The zero-order valence-electron chi connectivity index (χ0n) is 16.3. The Balaban J connectivity index is 1.62. The fourth-order valence-corrected chi connectivity index (χ4v) is 3.81. The lowest BCUT2D eigenvalue weighted by molar-refractivity contribution is 0.174. The van der Waals surface area contributed by atoms with Crippen LogP contribution in [-0.4, -0.2) is 32.2 Å². The van der Waals surface area contributed by atoms with E-state index in [9.17, 15) is 0 Å². The summed E-state index contributed by atoms with van der Waals surface area (Å²) in [5.74, 6) is 2.45. The van der Waals surface area contributed by atoms with E-state index in [2.05, 4.69) is 35.6 Å². The number of fused-ring (bicyclic) bond motifs is 4. The van der Waals surface area contributed by atoms with Crippen molar-refractivity contribution in [2.45, 2.75) is 32.2 Å². The summed E-state index contributed by atoms with van der Waals surface area (Å²) in [6.07, 6.45) is 4.25. The Morgan fingerprint density at radius 1 is 0.929 bits per heavy atom. The van der Waals surface area contributed by atoms with Crippen LogP contribution in [-0.2, 0) is 6.54 Å². The Kier molecular flexibility index (Phi) is 5.84. The minimum atomic E-state index is 0.275. The summed E-state index contributed by atoms with van der Waals surface area (Å²) in [5.41, 5.74) is 1.26. The van der Waals surface area contributed by atoms with E-state index < -0.39 is 0 Å². The maximum absolute atomic E-state index is 8.86. The van der Waals surface area contributed by atoms with Gasteiger partial charge in [-0.1, -0.05) is 18.9 Å².